The Morgan fingerprint density at radius 1 is 1.08 bits per heavy atom. The Morgan fingerprint density at radius 2 is 1.95 bits per heavy atom. The zero-order valence-corrected chi connectivity index (χ0v) is 21.2. The molecule has 6 rings (SSSR count). The lowest BCUT2D eigenvalue weighted by Crippen LogP contribution is -2.38. The van der Waals surface area contributed by atoms with E-state index in [0.717, 1.165) is 79.4 Å². The monoisotopic (exact) mass is 499 g/mol. The molecule has 192 valence electrons. The van der Waals surface area contributed by atoms with Crippen LogP contribution >= 0.6 is 0 Å². The van der Waals surface area contributed by atoms with E-state index in [1.165, 1.54) is 12.8 Å². The number of hydrogen-bond donors (Lipinski definition) is 1. The summed E-state index contributed by atoms with van der Waals surface area (Å²) in [4.78, 5) is 14.2. The Labute approximate surface area is 217 Å². The SMILES string of the molecule is CC1CCCN1c1cccc(Nc2cc(-c3ccc(OCCN4CCOCC4)cc3)nn3ccnc23)n1. The number of imidazole rings is 1. The summed E-state index contributed by atoms with van der Waals surface area (Å²) in [5.41, 5.74) is 3.47. The van der Waals surface area contributed by atoms with Crippen LogP contribution in [0.4, 0.5) is 17.3 Å². The Balaban J connectivity index is 1.18. The van der Waals surface area contributed by atoms with Crippen molar-refractivity contribution in [2.45, 2.75) is 25.8 Å². The summed E-state index contributed by atoms with van der Waals surface area (Å²) in [6.07, 6.45) is 6.04. The smallest absolute Gasteiger partial charge is 0.177 e. The van der Waals surface area contributed by atoms with Gasteiger partial charge in [0.05, 0.1) is 24.6 Å². The maximum atomic E-state index is 5.98. The molecule has 4 aromatic rings. The van der Waals surface area contributed by atoms with Gasteiger partial charge >= 0.3 is 0 Å². The zero-order chi connectivity index (χ0) is 25.0. The Bertz CT molecular complexity index is 1330. The first-order valence-corrected chi connectivity index (χ1v) is 13.1. The number of morpholine rings is 1. The van der Waals surface area contributed by atoms with Gasteiger partial charge in [0.25, 0.3) is 0 Å². The lowest BCUT2D eigenvalue weighted by Gasteiger charge is -2.26. The number of nitrogens with zero attached hydrogens (tertiary/aromatic N) is 6. The van der Waals surface area contributed by atoms with Crippen LogP contribution in [-0.4, -0.2) is 76.5 Å². The molecule has 0 radical (unpaired) electrons. The Kier molecular flexibility index (Phi) is 6.88. The van der Waals surface area contributed by atoms with Crippen molar-refractivity contribution in [3.05, 3.63) is 60.9 Å². The van der Waals surface area contributed by atoms with E-state index in [2.05, 4.69) is 39.2 Å². The molecule has 1 atom stereocenters. The highest BCUT2D eigenvalue weighted by atomic mass is 16.5. The molecular weight excluding hydrogens is 466 g/mol. The summed E-state index contributed by atoms with van der Waals surface area (Å²) < 4.78 is 13.2. The molecule has 2 aliphatic heterocycles. The minimum atomic E-state index is 0.514. The summed E-state index contributed by atoms with van der Waals surface area (Å²) in [5, 5.41) is 8.27. The largest absolute Gasteiger partial charge is 0.492 e. The molecule has 0 spiro atoms. The van der Waals surface area contributed by atoms with Crippen molar-refractivity contribution in [1.82, 2.24) is 24.5 Å². The molecule has 5 heterocycles. The van der Waals surface area contributed by atoms with Crippen LogP contribution in [0, 0.1) is 0 Å². The summed E-state index contributed by atoms with van der Waals surface area (Å²) in [6, 6.07) is 16.8. The lowest BCUT2D eigenvalue weighted by molar-refractivity contribution is 0.0322. The molecule has 9 nitrogen and oxygen atoms in total. The van der Waals surface area contributed by atoms with Gasteiger partial charge in [0, 0.05) is 50.2 Å². The van der Waals surface area contributed by atoms with Gasteiger partial charge in [0.2, 0.25) is 0 Å². The summed E-state index contributed by atoms with van der Waals surface area (Å²) >= 11 is 0. The Morgan fingerprint density at radius 3 is 2.76 bits per heavy atom. The lowest BCUT2D eigenvalue weighted by atomic mass is 10.1. The van der Waals surface area contributed by atoms with Gasteiger partial charge in [-0.2, -0.15) is 5.10 Å². The number of fused-ring (bicyclic) bond motifs is 1. The first-order chi connectivity index (χ1) is 18.2. The second-order valence-corrected chi connectivity index (χ2v) is 9.66. The van der Waals surface area contributed by atoms with Crippen molar-refractivity contribution in [3.8, 4) is 17.0 Å². The van der Waals surface area contributed by atoms with Crippen LogP contribution in [0.1, 0.15) is 19.8 Å². The van der Waals surface area contributed by atoms with Gasteiger partial charge in [0.1, 0.15) is 24.0 Å². The number of anilines is 3. The molecule has 0 bridgehead atoms. The van der Waals surface area contributed by atoms with Crippen LogP contribution in [0.15, 0.2) is 60.9 Å². The first-order valence-electron chi connectivity index (χ1n) is 13.1. The van der Waals surface area contributed by atoms with E-state index in [9.17, 15) is 0 Å². The maximum Gasteiger partial charge on any atom is 0.177 e. The summed E-state index contributed by atoms with van der Waals surface area (Å²) in [6.45, 7) is 8.43. The predicted octanol–water partition coefficient (Wildman–Crippen LogP) is 4.23. The van der Waals surface area contributed by atoms with Gasteiger partial charge in [-0.05, 0) is 62.2 Å². The van der Waals surface area contributed by atoms with E-state index in [1.54, 1.807) is 10.7 Å². The molecule has 0 saturated carbocycles. The van der Waals surface area contributed by atoms with Gasteiger partial charge in [0.15, 0.2) is 5.65 Å². The fourth-order valence-electron chi connectivity index (χ4n) is 5.05. The van der Waals surface area contributed by atoms with E-state index in [1.807, 2.05) is 42.6 Å². The van der Waals surface area contributed by atoms with Crippen molar-refractivity contribution in [1.29, 1.82) is 0 Å². The highest BCUT2D eigenvalue weighted by molar-refractivity contribution is 5.77. The Hall–Kier alpha value is -3.69. The molecule has 9 heteroatoms. The van der Waals surface area contributed by atoms with Gasteiger partial charge in [-0.25, -0.2) is 14.5 Å². The summed E-state index contributed by atoms with van der Waals surface area (Å²) in [7, 11) is 0. The molecule has 2 fully saturated rings. The highest BCUT2D eigenvalue weighted by Crippen LogP contribution is 2.29. The second-order valence-electron chi connectivity index (χ2n) is 9.66. The van der Waals surface area contributed by atoms with E-state index < -0.39 is 0 Å². The quantitative estimate of drug-likeness (QED) is 0.386. The molecule has 0 aliphatic carbocycles. The van der Waals surface area contributed by atoms with E-state index in [0.29, 0.717) is 12.6 Å². The summed E-state index contributed by atoms with van der Waals surface area (Å²) in [5.74, 6) is 2.66. The first kappa shape index (κ1) is 23.7. The van der Waals surface area contributed by atoms with Crippen molar-refractivity contribution in [3.63, 3.8) is 0 Å². The normalized spacial score (nSPS) is 18.4. The van der Waals surface area contributed by atoms with Gasteiger partial charge < -0.3 is 19.7 Å². The zero-order valence-electron chi connectivity index (χ0n) is 21.2. The van der Waals surface area contributed by atoms with Gasteiger partial charge in [-0.3, -0.25) is 4.90 Å². The third-order valence-electron chi connectivity index (χ3n) is 7.13. The molecule has 37 heavy (non-hydrogen) atoms. The fraction of sp³-hybridized carbons (Fsp3) is 0.393. The van der Waals surface area contributed by atoms with Gasteiger partial charge in [-0.15, -0.1) is 0 Å². The number of rotatable bonds is 8. The number of pyridine rings is 1. The molecule has 0 amide bonds. The van der Waals surface area contributed by atoms with Crippen molar-refractivity contribution < 1.29 is 9.47 Å². The predicted molar refractivity (Wildman–Crippen MR) is 145 cm³/mol. The molecular formula is C28H33N7O2. The highest BCUT2D eigenvalue weighted by Gasteiger charge is 2.21. The maximum absolute atomic E-state index is 5.98. The molecule has 3 aromatic heterocycles. The van der Waals surface area contributed by atoms with Crippen LogP contribution in [-0.2, 0) is 4.74 Å². The van der Waals surface area contributed by atoms with E-state index in [4.69, 9.17) is 19.6 Å². The average molecular weight is 500 g/mol. The number of hydrogen-bond acceptors (Lipinski definition) is 8. The van der Waals surface area contributed by atoms with Crippen LogP contribution < -0.4 is 15.0 Å². The van der Waals surface area contributed by atoms with Crippen LogP contribution in [0.25, 0.3) is 16.9 Å². The van der Waals surface area contributed by atoms with Crippen molar-refractivity contribution in [2.24, 2.45) is 0 Å². The number of aromatic nitrogens is 4. The minimum Gasteiger partial charge on any atom is -0.492 e. The fourth-order valence-corrected chi connectivity index (χ4v) is 5.05. The molecule has 2 aliphatic rings. The number of benzene rings is 1. The van der Waals surface area contributed by atoms with Crippen LogP contribution in [0.5, 0.6) is 5.75 Å². The standard InChI is InChI=1S/C28H33N7O2/c1-21-4-3-12-34(21)27-6-2-5-26(31-27)30-25-20-24(32-35-13-11-29-28(25)35)22-7-9-23(10-8-22)37-19-16-33-14-17-36-18-15-33/h2,5-11,13,20-21H,3-4,12,14-19H2,1H3,(H,30,31). The number of ether oxygens (including phenoxy) is 2. The third kappa shape index (κ3) is 5.38. The van der Waals surface area contributed by atoms with Crippen molar-refractivity contribution in [2.75, 3.05) is 56.2 Å². The van der Waals surface area contributed by atoms with Crippen LogP contribution in [0.2, 0.25) is 0 Å². The topological polar surface area (TPSA) is 80.0 Å². The second kappa shape index (κ2) is 10.7. The van der Waals surface area contributed by atoms with Crippen LogP contribution in [0.3, 0.4) is 0 Å². The minimum absolute atomic E-state index is 0.514. The van der Waals surface area contributed by atoms with E-state index >= 15 is 0 Å². The molecule has 1 N–H and O–H groups in total. The number of nitrogens with one attached hydrogen (secondary N) is 1. The molecule has 1 aromatic carbocycles. The van der Waals surface area contributed by atoms with Gasteiger partial charge in [-0.1, -0.05) is 6.07 Å². The molecule has 2 saturated heterocycles. The van der Waals surface area contributed by atoms with Crippen molar-refractivity contribution >= 4 is 23.0 Å². The third-order valence-corrected chi connectivity index (χ3v) is 7.13. The average Bonchev–Trinajstić information content (AvgIpc) is 3.59. The van der Waals surface area contributed by atoms with E-state index in [-0.39, 0.29) is 0 Å². The molecule has 1 unspecified atom stereocenters.